The Kier molecular flexibility index (Phi) is 8.59. The summed E-state index contributed by atoms with van der Waals surface area (Å²) < 4.78 is 7.99. The minimum absolute atomic E-state index is 0.477. The predicted molar refractivity (Wildman–Crippen MR) is 116 cm³/mol. The van der Waals surface area contributed by atoms with Crippen molar-refractivity contribution in [2.45, 2.75) is 33.5 Å². The number of benzene rings is 1. The molecule has 1 aromatic heterocycles. The molecular formula is C16H25B3BrN3O4. The fourth-order valence-corrected chi connectivity index (χ4v) is 3.31. The van der Waals surface area contributed by atoms with Gasteiger partial charge in [0.05, 0.1) is 6.61 Å². The number of pyridine rings is 1. The van der Waals surface area contributed by atoms with Gasteiger partial charge in [-0.05, 0) is 61.0 Å². The number of nitrogens with zero attached hydrogens (tertiary/aromatic N) is 2. The molecule has 4 N–H and O–H groups in total. The van der Waals surface area contributed by atoms with E-state index in [0.29, 0.717) is 25.6 Å². The molecule has 2 rings (SSSR count). The van der Waals surface area contributed by atoms with Crippen molar-refractivity contribution in [1.82, 2.24) is 10.2 Å². The van der Waals surface area contributed by atoms with E-state index >= 15 is 0 Å². The van der Waals surface area contributed by atoms with Gasteiger partial charge in [-0.15, -0.1) is 0 Å². The van der Waals surface area contributed by atoms with E-state index in [1.807, 2.05) is 18.2 Å². The standard InChI is InChI=1S/C16H25B3BrN3O4/c1-17(24)22-7-4-8-27-11-12-5-6-13-14(9-12)15(20)10-21-16(13)23(18(2)25)19(3)26/h5-6,9-10,22,24-26H,4,7-8,11H2,1-3H3. The maximum Gasteiger partial charge on any atom is 0.399 e. The van der Waals surface area contributed by atoms with Gasteiger partial charge in [0.15, 0.2) is 0 Å². The highest BCUT2D eigenvalue weighted by Crippen LogP contribution is 2.31. The van der Waals surface area contributed by atoms with E-state index in [1.54, 1.807) is 26.7 Å². The van der Waals surface area contributed by atoms with Crippen LogP contribution in [0.25, 0.3) is 10.8 Å². The molecule has 0 aliphatic rings. The zero-order valence-corrected chi connectivity index (χ0v) is 17.5. The van der Waals surface area contributed by atoms with Crippen molar-refractivity contribution in [3.8, 4) is 0 Å². The van der Waals surface area contributed by atoms with Crippen LogP contribution in [-0.4, -0.2) is 54.4 Å². The average Bonchev–Trinajstić information content (AvgIpc) is 2.59. The lowest BCUT2D eigenvalue weighted by atomic mass is 9.69. The van der Waals surface area contributed by atoms with Gasteiger partial charge < -0.3 is 29.8 Å². The molecule has 0 saturated carbocycles. The Morgan fingerprint density at radius 2 is 1.85 bits per heavy atom. The Bertz CT molecular complexity index is 744. The summed E-state index contributed by atoms with van der Waals surface area (Å²) in [6.07, 6.45) is 2.48. The maximum absolute atomic E-state index is 10.0. The smallest absolute Gasteiger partial charge is 0.399 e. The molecular weight excluding hydrogens is 411 g/mol. The maximum atomic E-state index is 10.0. The Hall–Kier alpha value is -1.10. The second-order valence-electron chi connectivity index (χ2n) is 6.52. The normalized spacial score (nSPS) is 10.9. The molecule has 11 heteroatoms. The zero-order valence-electron chi connectivity index (χ0n) is 15.9. The van der Waals surface area contributed by atoms with Crippen LogP contribution in [-0.2, 0) is 11.3 Å². The van der Waals surface area contributed by atoms with Crippen molar-refractivity contribution in [3.63, 3.8) is 0 Å². The van der Waals surface area contributed by atoms with Gasteiger partial charge in [0.2, 0.25) is 0 Å². The summed E-state index contributed by atoms with van der Waals surface area (Å²) in [5.41, 5.74) is 1.02. The number of halogens is 1. The molecule has 0 radical (unpaired) electrons. The number of anilines is 1. The van der Waals surface area contributed by atoms with E-state index in [1.165, 1.54) is 4.72 Å². The first-order chi connectivity index (χ1) is 12.8. The van der Waals surface area contributed by atoms with Crippen LogP contribution in [0.4, 0.5) is 5.82 Å². The average molecular weight is 436 g/mol. The van der Waals surface area contributed by atoms with Crippen LogP contribution in [0.15, 0.2) is 28.9 Å². The Morgan fingerprint density at radius 3 is 2.48 bits per heavy atom. The monoisotopic (exact) mass is 435 g/mol. The summed E-state index contributed by atoms with van der Waals surface area (Å²) in [4.78, 5) is 4.39. The molecule has 0 spiro atoms. The lowest BCUT2D eigenvalue weighted by Gasteiger charge is -2.27. The molecule has 1 aromatic carbocycles. The van der Waals surface area contributed by atoms with Crippen molar-refractivity contribution in [2.75, 3.05) is 17.9 Å². The van der Waals surface area contributed by atoms with Crippen LogP contribution in [0.5, 0.6) is 0 Å². The molecule has 144 valence electrons. The van der Waals surface area contributed by atoms with Gasteiger partial charge in [-0.2, -0.15) is 0 Å². The number of hydrogen-bond donors (Lipinski definition) is 4. The van der Waals surface area contributed by atoms with E-state index in [4.69, 9.17) is 9.76 Å². The molecule has 27 heavy (non-hydrogen) atoms. The van der Waals surface area contributed by atoms with Gasteiger partial charge in [-0.1, -0.05) is 12.1 Å². The van der Waals surface area contributed by atoms with Crippen LogP contribution in [0, 0.1) is 0 Å². The van der Waals surface area contributed by atoms with Crippen molar-refractivity contribution in [2.24, 2.45) is 0 Å². The van der Waals surface area contributed by atoms with Gasteiger partial charge in [0, 0.05) is 28.0 Å². The third-order valence-electron chi connectivity index (χ3n) is 4.11. The van der Waals surface area contributed by atoms with Crippen LogP contribution < -0.4 is 9.95 Å². The highest BCUT2D eigenvalue weighted by molar-refractivity contribution is 9.10. The summed E-state index contributed by atoms with van der Waals surface area (Å²) in [5.74, 6) is 0.523. The number of aromatic nitrogens is 1. The molecule has 7 nitrogen and oxygen atoms in total. The Labute approximate surface area is 169 Å². The van der Waals surface area contributed by atoms with Gasteiger partial charge in [0.1, 0.15) is 5.82 Å². The quantitative estimate of drug-likeness (QED) is 0.333. The first kappa shape index (κ1) is 22.2. The third kappa shape index (κ3) is 6.20. The fraction of sp³-hybridized carbons (Fsp3) is 0.438. The Morgan fingerprint density at radius 1 is 1.15 bits per heavy atom. The lowest BCUT2D eigenvalue weighted by molar-refractivity contribution is 0.119. The second kappa shape index (κ2) is 10.4. The summed E-state index contributed by atoms with van der Waals surface area (Å²) in [6, 6.07) is 5.89. The van der Waals surface area contributed by atoms with Crippen LogP contribution in [0.2, 0.25) is 20.5 Å². The molecule has 1 heterocycles. The first-order valence-corrected chi connectivity index (χ1v) is 9.81. The minimum Gasteiger partial charge on any atom is -0.437 e. The summed E-state index contributed by atoms with van der Waals surface area (Å²) in [7, 11) is -2.26. The number of fused-ring (bicyclic) bond motifs is 1. The Balaban J connectivity index is 2.14. The number of hydrogen-bond acceptors (Lipinski definition) is 7. The summed E-state index contributed by atoms with van der Waals surface area (Å²) >= 11 is 3.53. The molecule has 0 saturated heterocycles. The summed E-state index contributed by atoms with van der Waals surface area (Å²) in [5, 5.41) is 33.9. The van der Waals surface area contributed by atoms with Gasteiger partial charge in [-0.3, -0.25) is 0 Å². The number of rotatable bonds is 10. The molecule has 0 amide bonds. The molecule has 0 unspecified atom stereocenters. The first-order valence-electron chi connectivity index (χ1n) is 9.02. The zero-order chi connectivity index (χ0) is 20.0. The molecule has 0 aliphatic heterocycles. The molecule has 0 atom stereocenters. The topological polar surface area (TPSA) is 98.1 Å². The fourth-order valence-electron chi connectivity index (χ4n) is 2.88. The summed E-state index contributed by atoms with van der Waals surface area (Å²) in [6.45, 7) is 6.65. The second-order valence-corrected chi connectivity index (χ2v) is 7.37. The molecule has 2 aromatic rings. The van der Waals surface area contributed by atoms with E-state index in [0.717, 1.165) is 27.2 Å². The van der Waals surface area contributed by atoms with Crippen molar-refractivity contribution >= 4 is 53.7 Å². The highest BCUT2D eigenvalue weighted by atomic mass is 79.9. The van der Waals surface area contributed by atoms with E-state index in [-0.39, 0.29) is 0 Å². The van der Waals surface area contributed by atoms with Gasteiger partial charge in [-0.25, -0.2) is 4.98 Å². The SMILES string of the molecule is CB(O)NCCCOCc1ccc2c(N(B(C)O)B(C)O)ncc(Br)c2c1. The van der Waals surface area contributed by atoms with Gasteiger partial charge in [0.25, 0.3) is 0 Å². The number of nitrogens with one attached hydrogen (secondary N) is 1. The van der Waals surface area contributed by atoms with E-state index in [9.17, 15) is 10.0 Å². The lowest BCUT2D eigenvalue weighted by Crippen LogP contribution is -2.47. The van der Waals surface area contributed by atoms with Crippen LogP contribution in [0.1, 0.15) is 12.0 Å². The van der Waals surface area contributed by atoms with Crippen LogP contribution in [0.3, 0.4) is 0 Å². The molecule has 0 bridgehead atoms. The molecule has 0 aliphatic carbocycles. The third-order valence-corrected chi connectivity index (χ3v) is 4.74. The van der Waals surface area contributed by atoms with E-state index in [2.05, 4.69) is 26.1 Å². The van der Waals surface area contributed by atoms with Crippen LogP contribution >= 0.6 is 15.9 Å². The predicted octanol–water partition coefficient (Wildman–Crippen LogP) is 1.63. The van der Waals surface area contributed by atoms with Crippen molar-refractivity contribution in [3.05, 3.63) is 34.4 Å². The molecule has 0 fully saturated rings. The van der Waals surface area contributed by atoms with Crippen molar-refractivity contribution < 1.29 is 19.8 Å². The minimum atomic E-state index is -0.875. The number of ether oxygens (including phenoxy) is 1. The van der Waals surface area contributed by atoms with E-state index < -0.39 is 21.2 Å². The van der Waals surface area contributed by atoms with Gasteiger partial charge >= 0.3 is 21.2 Å². The van der Waals surface area contributed by atoms with Crippen molar-refractivity contribution in [1.29, 1.82) is 0 Å². The highest BCUT2D eigenvalue weighted by Gasteiger charge is 2.27. The largest absolute Gasteiger partial charge is 0.437 e.